The van der Waals surface area contributed by atoms with Crippen LogP contribution in [-0.4, -0.2) is 53.6 Å². The summed E-state index contributed by atoms with van der Waals surface area (Å²) in [7, 11) is 2.95. The number of methoxy groups -OCH3 is 2. The second-order valence-electron chi connectivity index (χ2n) is 11.3. The molecule has 8 nitrogen and oxygen atoms in total. The lowest BCUT2D eigenvalue weighted by Crippen LogP contribution is -2.43. The van der Waals surface area contributed by atoms with Gasteiger partial charge in [0.2, 0.25) is 11.8 Å². The average Bonchev–Trinajstić information content (AvgIpc) is 3.20. The van der Waals surface area contributed by atoms with E-state index in [1.165, 1.54) is 31.3 Å². The monoisotopic (exact) mass is 531 g/mol. The molecule has 204 valence electrons. The van der Waals surface area contributed by atoms with Gasteiger partial charge in [0.05, 0.1) is 26.1 Å². The molecular weight excluding hydrogens is 498 g/mol. The minimum absolute atomic E-state index is 0.0730. The van der Waals surface area contributed by atoms with E-state index >= 15 is 0 Å². The maximum atomic E-state index is 14.0. The molecule has 1 saturated heterocycles. The number of hydrogen-bond donors (Lipinski definition) is 1. The Morgan fingerprint density at radius 3 is 2.38 bits per heavy atom. The predicted octanol–water partition coefficient (Wildman–Crippen LogP) is 4.17. The van der Waals surface area contributed by atoms with E-state index in [4.69, 9.17) is 9.47 Å². The minimum Gasteiger partial charge on any atom is -0.507 e. The van der Waals surface area contributed by atoms with E-state index in [2.05, 4.69) is 0 Å². The van der Waals surface area contributed by atoms with Gasteiger partial charge >= 0.3 is 0 Å². The lowest BCUT2D eigenvalue weighted by atomic mass is 9.59. The number of allylic oxidation sites excluding steroid dienone is 6. The van der Waals surface area contributed by atoms with E-state index in [-0.39, 0.29) is 41.6 Å². The number of fused-ring (bicyclic) bond motifs is 3. The highest BCUT2D eigenvalue weighted by molar-refractivity contribution is 6.24. The molecule has 8 heteroatoms. The summed E-state index contributed by atoms with van der Waals surface area (Å²) in [5.74, 6) is -2.53. The highest BCUT2D eigenvalue weighted by Crippen LogP contribution is 2.58. The van der Waals surface area contributed by atoms with Crippen molar-refractivity contribution in [1.82, 2.24) is 4.90 Å². The summed E-state index contributed by atoms with van der Waals surface area (Å²) in [6.07, 6.45) is 8.68. The molecule has 0 unspecified atom stereocenters. The molecule has 0 radical (unpaired) electrons. The maximum absolute atomic E-state index is 14.0. The number of amides is 2. The third-order valence-electron chi connectivity index (χ3n) is 9.38. The molecule has 1 heterocycles. The van der Waals surface area contributed by atoms with Crippen LogP contribution in [0.1, 0.15) is 63.4 Å². The summed E-state index contributed by atoms with van der Waals surface area (Å²) in [4.78, 5) is 56.1. The Balaban J connectivity index is 1.51. The highest BCUT2D eigenvalue weighted by atomic mass is 16.5. The van der Waals surface area contributed by atoms with Crippen LogP contribution in [-0.2, 0) is 19.2 Å². The van der Waals surface area contributed by atoms with Crippen LogP contribution in [0, 0.1) is 17.8 Å². The topological polar surface area (TPSA) is 110 Å². The van der Waals surface area contributed by atoms with E-state index < -0.39 is 23.7 Å². The van der Waals surface area contributed by atoms with Crippen molar-refractivity contribution in [2.24, 2.45) is 17.8 Å². The molecule has 2 fully saturated rings. The number of phenolic OH excluding ortho intramolecular Hbond substituents is 1. The molecule has 1 aromatic carbocycles. The van der Waals surface area contributed by atoms with Crippen molar-refractivity contribution in [3.63, 3.8) is 0 Å². The van der Waals surface area contributed by atoms with Crippen molar-refractivity contribution in [1.29, 1.82) is 0 Å². The van der Waals surface area contributed by atoms with Gasteiger partial charge in [0, 0.05) is 46.4 Å². The first kappa shape index (κ1) is 25.6. The van der Waals surface area contributed by atoms with Gasteiger partial charge < -0.3 is 14.6 Å². The number of aromatic hydroxyl groups is 1. The molecule has 1 N–H and O–H groups in total. The third-order valence-corrected chi connectivity index (χ3v) is 9.38. The number of benzene rings is 1. The maximum Gasteiger partial charge on any atom is 0.233 e. The largest absolute Gasteiger partial charge is 0.507 e. The number of likely N-dealkylation sites (tertiary alicyclic amines) is 1. The fraction of sp³-hybridized carbons (Fsp3) is 0.484. The summed E-state index contributed by atoms with van der Waals surface area (Å²) >= 11 is 0. The Kier molecular flexibility index (Phi) is 6.24. The molecule has 0 spiro atoms. The minimum atomic E-state index is -0.785. The molecule has 39 heavy (non-hydrogen) atoms. The number of nitrogens with zero attached hydrogens (tertiary/aromatic N) is 1. The second-order valence-corrected chi connectivity index (χ2v) is 11.3. The molecule has 1 aliphatic heterocycles. The van der Waals surface area contributed by atoms with Crippen molar-refractivity contribution in [3.8, 4) is 17.2 Å². The molecule has 0 bridgehead atoms. The normalized spacial score (nSPS) is 29.1. The first-order valence-electron chi connectivity index (χ1n) is 13.8. The van der Waals surface area contributed by atoms with E-state index in [1.54, 1.807) is 13.0 Å². The second kappa shape index (κ2) is 9.50. The zero-order valence-electron chi connectivity index (χ0n) is 22.5. The van der Waals surface area contributed by atoms with Gasteiger partial charge in [-0.05, 0) is 44.6 Å². The summed E-state index contributed by atoms with van der Waals surface area (Å²) in [5.41, 5.74) is 2.15. The average molecular weight is 532 g/mol. The van der Waals surface area contributed by atoms with Gasteiger partial charge in [-0.2, -0.15) is 0 Å². The predicted molar refractivity (Wildman–Crippen MR) is 141 cm³/mol. The fourth-order valence-electron chi connectivity index (χ4n) is 7.58. The van der Waals surface area contributed by atoms with E-state index in [0.29, 0.717) is 40.2 Å². The number of phenols is 1. The third kappa shape index (κ3) is 3.79. The molecule has 6 rings (SSSR count). The van der Waals surface area contributed by atoms with Crippen LogP contribution in [0.5, 0.6) is 17.2 Å². The van der Waals surface area contributed by atoms with Gasteiger partial charge in [-0.1, -0.05) is 30.9 Å². The molecule has 2 amide bonds. The van der Waals surface area contributed by atoms with Gasteiger partial charge in [-0.25, -0.2) is 0 Å². The Morgan fingerprint density at radius 1 is 0.949 bits per heavy atom. The first-order chi connectivity index (χ1) is 18.8. The van der Waals surface area contributed by atoms with E-state index in [1.807, 2.05) is 6.08 Å². The number of ether oxygens (including phenoxy) is 2. The number of Topliss-reactive ketones (excluding diaryl/α,β-unsaturated/α-hetero) is 1. The summed E-state index contributed by atoms with van der Waals surface area (Å²) < 4.78 is 11.0. The van der Waals surface area contributed by atoms with Crippen LogP contribution < -0.4 is 9.47 Å². The first-order valence-corrected chi connectivity index (χ1v) is 13.8. The van der Waals surface area contributed by atoms with Crippen LogP contribution in [0.15, 0.2) is 46.6 Å². The number of rotatable bonds is 4. The molecule has 5 aliphatic rings. The van der Waals surface area contributed by atoms with Gasteiger partial charge in [-0.15, -0.1) is 0 Å². The molecular formula is C31H33NO7. The molecule has 4 aliphatic carbocycles. The zero-order valence-corrected chi connectivity index (χ0v) is 22.5. The van der Waals surface area contributed by atoms with Crippen LogP contribution >= 0.6 is 0 Å². The van der Waals surface area contributed by atoms with Crippen LogP contribution in [0.2, 0.25) is 0 Å². The lowest BCUT2D eigenvalue weighted by Gasteiger charge is -2.42. The van der Waals surface area contributed by atoms with E-state index in [0.717, 1.165) is 37.7 Å². The number of ketones is 2. The van der Waals surface area contributed by atoms with Gasteiger partial charge in [0.1, 0.15) is 17.2 Å². The standard InChI is InChI=1S/C31H33NO7/c1-15-11-22(33)21-14-20-18(9-10-19-25(20)31(37)32(30(19)36)16-7-5-4-6-8-16)26(27(21)29(15)35)28-23(34)12-17(38-2)13-24(28)39-3/h9,11-13,16,19-20,25-26,34H,4-8,10,14H2,1-3H3/t19-,20+,25-,26-/m0/s1. The quantitative estimate of drug-likeness (QED) is 0.353. The van der Waals surface area contributed by atoms with Gasteiger partial charge in [0.25, 0.3) is 0 Å². The molecule has 0 aromatic heterocycles. The fourth-order valence-corrected chi connectivity index (χ4v) is 7.58. The van der Waals surface area contributed by atoms with Crippen molar-refractivity contribution in [3.05, 3.63) is 52.1 Å². The Hall–Kier alpha value is -3.68. The van der Waals surface area contributed by atoms with Crippen LogP contribution in [0.3, 0.4) is 0 Å². The smallest absolute Gasteiger partial charge is 0.233 e. The number of hydrogen-bond acceptors (Lipinski definition) is 7. The number of imide groups is 1. The van der Waals surface area contributed by atoms with E-state index in [9.17, 15) is 24.3 Å². The highest BCUT2D eigenvalue weighted by Gasteiger charge is 2.57. The van der Waals surface area contributed by atoms with Gasteiger partial charge in [0.15, 0.2) is 11.6 Å². The van der Waals surface area contributed by atoms with Crippen molar-refractivity contribution in [2.75, 3.05) is 14.2 Å². The zero-order chi connectivity index (χ0) is 27.6. The Morgan fingerprint density at radius 2 is 1.69 bits per heavy atom. The van der Waals surface area contributed by atoms with Crippen LogP contribution in [0.25, 0.3) is 0 Å². The Bertz CT molecular complexity index is 1390. The lowest BCUT2D eigenvalue weighted by molar-refractivity contribution is -0.143. The number of carbonyl (C=O) groups excluding carboxylic acids is 4. The van der Waals surface area contributed by atoms with Crippen LogP contribution in [0.4, 0.5) is 0 Å². The molecule has 1 aromatic rings. The van der Waals surface area contributed by atoms with Crippen molar-refractivity contribution < 1.29 is 33.8 Å². The molecule has 1 saturated carbocycles. The summed E-state index contributed by atoms with van der Waals surface area (Å²) in [5, 5.41) is 11.2. The van der Waals surface area contributed by atoms with Gasteiger partial charge in [-0.3, -0.25) is 24.1 Å². The summed E-state index contributed by atoms with van der Waals surface area (Å²) in [6.45, 7) is 1.62. The van der Waals surface area contributed by atoms with Crippen molar-refractivity contribution in [2.45, 2.75) is 63.8 Å². The number of carbonyl (C=O) groups is 4. The SMILES string of the molecule is COc1cc(O)c([C@H]2C3=CC[C@@H]4C(=O)N(C5CCCCC5)C(=O)[C@@H]4[C@@H]3CC3=C2C(=O)C(C)=CC3=O)c(OC)c1. The molecule has 4 atom stereocenters. The Labute approximate surface area is 227 Å². The van der Waals surface area contributed by atoms with Crippen molar-refractivity contribution >= 4 is 23.4 Å². The summed E-state index contributed by atoms with van der Waals surface area (Å²) in [6, 6.07) is 3.02.